The second-order valence-electron chi connectivity index (χ2n) is 8.14. The van der Waals surface area contributed by atoms with Gasteiger partial charge in [0.05, 0.1) is 18.0 Å². The molecule has 144 valence electrons. The lowest BCUT2D eigenvalue weighted by atomic mass is 9.90. The van der Waals surface area contributed by atoms with Gasteiger partial charge in [0, 0.05) is 34.4 Å². The Morgan fingerprint density at radius 1 is 1.22 bits per heavy atom. The third-order valence-corrected chi connectivity index (χ3v) is 7.21. The maximum Gasteiger partial charge on any atom is 0.225 e. The summed E-state index contributed by atoms with van der Waals surface area (Å²) < 4.78 is 0. The summed E-state index contributed by atoms with van der Waals surface area (Å²) in [6, 6.07) is 6.29. The van der Waals surface area contributed by atoms with Crippen molar-refractivity contribution in [2.75, 3.05) is 11.4 Å². The number of nitrogens with zero attached hydrogens (tertiary/aromatic N) is 3. The van der Waals surface area contributed by atoms with Gasteiger partial charge in [0.2, 0.25) is 5.91 Å². The van der Waals surface area contributed by atoms with E-state index in [-0.39, 0.29) is 35.9 Å². The third-order valence-electron chi connectivity index (χ3n) is 6.78. The molecule has 3 fully saturated rings. The van der Waals surface area contributed by atoms with Crippen molar-refractivity contribution in [1.29, 1.82) is 5.26 Å². The number of fused-ring (bicyclic) bond motifs is 2. The number of nitriles is 1. The summed E-state index contributed by atoms with van der Waals surface area (Å²) in [6.45, 7) is 4.92. The Morgan fingerprint density at radius 2 is 1.93 bits per heavy atom. The molecule has 0 unspecified atom stereocenters. The topological polar surface area (TPSA) is 59.4 Å². The van der Waals surface area contributed by atoms with Crippen LogP contribution in [0, 0.1) is 23.3 Å². The van der Waals surface area contributed by atoms with Gasteiger partial charge >= 0.3 is 0 Å². The van der Waals surface area contributed by atoms with Crippen molar-refractivity contribution in [1.82, 2.24) is 10.2 Å². The minimum Gasteiger partial charge on any atom is -0.368 e. The molecule has 6 atom stereocenters. The highest BCUT2D eigenvalue weighted by atomic mass is 35.5. The third kappa shape index (κ3) is 3.23. The van der Waals surface area contributed by atoms with Crippen LogP contribution in [0.5, 0.6) is 0 Å². The van der Waals surface area contributed by atoms with Crippen LogP contribution in [-0.2, 0) is 4.79 Å². The first-order valence-corrected chi connectivity index (χ1v) is 10.4. The Morgan fingerprint density at radius 3 is 2.56 bits per heavy atom. The molecule has 3 aliphatic heterocycles. The van der Waals surface area contributed by atoms with Crippen molar-refractivity contribution in [3.05, 3.63) is 28.2 Å². The number of carbonyl (C=O) groups is 1. The van der Waals surface area contributed by atoms with Gasteiger partial charge in [-0.2, -0.15) is 5.26 Å². The van der Waals surface area contributed by atoms with Crippen molar-refractivity contribution in [2.45, 2.75) is 57.3 Å². The van der Waals surface area contributed by atoms with Crippen molar-refractivity contribution >= 4 is 34.8 Å². The van der Waals surface area contributed by atoms with Crippen molar-refractivity contribution in [2.24, 2.45) is 11.8 Å². The summed E-state index contributed by atoms with van der Waals surface area (Å²) in [5.74, 6) is 0.223. The summed E-state index contributed by atoms with van der Waals surface area (Å²) >= 11 is 12.3. The number of amides is 1. The number of hydrogen-bond acceptors (Lipinski definition) is 4. The largest absolute Gasteiger partial charge is 0.368 e. The lowest BCUT2D eigenvalue weighted by Crippen LogP contribution is -2.46. The van der Waals surface area contributed by atoms with Crippen molar-refractivity contribution in [3.8, 4) is 6.19 Å². The first kappa shape index (κ1) is 18.7. The number of anilines is 1. The number of halogens is 2. The molecule has 0 spiro atoms. The molecule has 1 N–H and O–H groups in total. The van der Waals surface area contributed by atoms with E-state index in [1.807, 2.05) is 17.0 Å². The molecule has 3 saturated heterocycles. The van der Waals surface area contributed by atoms with Gasteiger partial charge in [0.1, 0.15) is 0 Å². The quantitative estimate of drug-likeness (QED) is 0.777. The highest BCUT2D eigenvalue weighted by molar-refractivity contribution is 6.35. The second-order valence-corrected chi connectivity index (χ2v) is 9.02. The minimum absolute atomic E-state index is 0.0904. The first-order valence-electron chi connectivity index (χ1n) is 9.60. The number of benzene rings is 1. The summed E-state index contributed by atoms with van der Waals surface area (Å²) in [5.41, 5.74) is 0.956. The Kier molecular flexibility index (Phi) is 4.90. The smallest absolute Gasteiger partial charge is 0.225 e. The van der Waals surface area contributed by atoms with Gasteiger partial charge in [0.25, 0.3) is 0 Å². The molecule has 0 saturated carbocycles. The van der Waals surface area contributed by atoms with Crippen LogP contribution >= 0.6 is 23.2 Å². The van der Waals surface area contributed by atoms with Crippen LogP contribution in [0.4, 0.5) is 5.69 Å². The lowest BCUT2D eigenvalue weighted by Gasteiger charge is -2.25. The van der Waals surface area contributed by atoms with Crippen LogP contribution in [0.15, 0.2) is 18.2 Å². The van der Waals surface area contributed by atoms with Gasteiger partial charge in [-0.3, -0.25) is 4.79 Å². The minimum atomic E-state index is -0.0904. The van der Waals surface area contributed by atoms with E-state index in [9.17, 15) is 10.1 Å². The van der Waals surface area contributed by atoms with Crippen molar-refractivity contribution in [3.63, 3.8) is 0 Å². The summed E-state index contributed by atoms with van der Waals surface area (Å²) in [4.78, 5) is 17.1. The first-order chi connectivity index (χ1) is 12.9. The zero-order valence-electron chi connectivity index (χ0n) is 15.5. The lowest BCUT2D eigenvalue weighted by molar-refractivity contribution is -0.126. The molecule has 7 heteroatoms. The Balaban J connectivity index is 1.46. The average Bonchev–Trinajstić information content (AvgIpc) is 3.25. The van der Waals surface area contributed by atoms with E-state index in [1.54, 1.807) is 6.07 Å². The van der Waals surface area contributed by atoms with Crippen LogP contribution in [0.25, 0.3) is 0 Å². The van der Waals surface area contributed by atoms with E-state index in [0.29, 0.717) is 22.6 Å². The Labute approximate surface area is 170 Å². The molecule has 27 heavy (non-hydrogen) atoms. The van der Waals surface area contributed by atoms with Crippen molar-refractivity contribution < 1.29 is 4.79 Å². The molecular formula is C20H24Cl2N4O. The fourth-order valence-electron chi connectivity index (χ4n) is 5.12. The summed E-state index contributed by atoms with van der Waals surface area (Å²) in [5, 5.41) is 13.8. The predicted octanol–water partition coefficient (Wildman–Crippen LogP) is 3.66. The molecule has 3 aliphatic rings. The maximum atomic E-state index is 13.0. The van der Waals surface area contributed by atoms with Crippen LogP contribution in [0.1, 0.15) is 33.1 Å². The number of carbonyl (C=O) groups excluding carboxylic acids is 1. The highest BCUT2D eigenvalue weighted by Gasteiger charge is 2.48. The maximum absolute atomic E-state index is 13.0. The van der Waals surface area contributed by atoms with E-state index >= 15 is 0 Å². The standard InChI is InChI=1S/C20H24Cl2N4O/c1-11-12(2)25(16-6-13(21)5-14(22)7-16)9-17(11)20(27)24-18-8-15-3-4-19(18)26(15)10-23/h5-7,11-12,15,17-19H,3-4,8-9H2,1-2H3,(H,24,27)/t11-,12+,15-,17-,18+,19+/m0/s1. The monoisotopic (exact) mass is 406 g/mol. The SMILES string of the molecule is C[C@@H]1[C@@H](C(=O)N[C@@H]2C[C@@H]3CC[C@H]2N3C#N)CN(c2cc(Cl)cc(Cl)c2)[C@@H]1C. The summed E-state index contributed by atoms with van der Waals surface area (Å²) in [6.07, 6.45) is 5.24. The molecule has 4 rings (SSSR count). The van der Waals surface area contributed by atoms with E-state index < -0.39 is 0 Å². The van der Waals surface area contributed by atoms with Crippen LogP contribution in [-0.4, -0.2) is 41.5 Å². The molecule has 2 bridgehead atoms. The van der Waals surface area contributed by atoms with E-state index in [2.05, 4.69) is 30.3 Å². The molecular weight excluding hydrogens is 383 g/mol. The van der Waals surface area contributed by atoms with Gasteiger partial charge in [-0.05, 0) is 50.3 Å². The van der Waals surface area contributed by atoms with Crippen LogP contribution in [0.3, 0.4) is 0 Å². The zero-order chi connectivity index (χ0) is 19.3. The molecule has 1 amide bonds. The Hall–Kier alpha value is -1.64. The fourth-order valence-corrected chi connectivity index (χ4v) is 5.64. The highest BCUT2D eigenvalue weighted by Crippen LogP contribution is 2.39. The van der Waals surface area contributed by atoms with Gasteiger partial charge < -0.3 is 15.1 Å². The van der Waals surface area contributed by atoms with Gasteiger partial charge in [-0.25, -0.2) is 0 Å². The normalized spacial score (nSPS) is 34.8. The number of hydrogen-bond donors (Lipinski definition) is 1. The molecule has 5 nitrogen and oxygen atoms in total. The predicted molar refractivity (Wildman–Crippen MR) is 107 cm³/mol. The van der Waals surface area contributed by atoms with Crippen LogP contribution < -0.4 is 10.2 Å². The molecule has 0 aromatic heterocycles. The molecule has 1 aromatic rings. The summed E-state index contributed by atoms with van der Waals surface area (Å²) in [7, 11) is 0. The van der Waals surface area contributed by atoms with Gasteiger partial charge in [-0.1, -0.05) is 30.1 Å². The van der Waals surface area contributed by atoms with Gasteiger partial charge in [-0.15, -0.1) is 0 Å². The molecule has 1 aromatic carbocycles. The fraction of sp³-hybridized carbons (Fsp3) is 0.600. The number of nitrogens with one attached hydrogen (secondary N) is 1. The average molecular weight is 407 g/mol. The zero-order valence-corrected chi connectivity index (χ0v) is 17.0. The molecule has 0 radical (unpaired) electrons. The van der Waals surface area contributed by atoms with Gasteiger partial charge in [0.15, 0.2) is 6.19 Å². The molecule has 0 aliphatic carbocycles. The van der Waals surface area contributed by atoms with E-state index in [1.165, 1.54) is 0 Å². The van der Waals surface area contributed by atoms with E-state index in [0.717, 1.165) is 24.9 Å². The molecule has 3 heterocycles. The second kappa shape index (κ2) is 7.07. The van der Waals surface area contributed by atoms with Crippen LogP contribution in [0.2, 0.25) is 10.0 Å². The number of rotatable bonds is 3. The van der Waals surface area contributed by atoms with E-state index in [4.69, 9.17) is 23.2 Å². The Bertz CT molecular complexity index is 774.